The molecule has 0 amide bonds. The quantitative estimate of drug-likeness (QED) is 0.813. The van der Waals surface area contributed by atoms with E-state index in [4.69, 9.17) is 10.7 Å². The minimum atomic E-state index is -0.213. The number of aryl methyl sites for hydroxylation is 2. The zero-order chi connectivity index (χ0) is 12.0. The van der Waals surface area contributed by atoms with E-state index in [2.05, 4.69) is 27.7 Å². The van der Waals surface area contributed by atoms with Crippen molar-refractivity contribution in [2.75, 3.05) is 0 Å². The minimum Gasteiger partial charge on any atom is -0.319 e. The molecule has 0 bridgehead atoms. The molecule has 16 heavy (non-hydrogen) atoms. The van der Waals surface area contributed by atoms with Gasteiger partial charge in [-0.3, -0.25) is 0 Å². The average molecular weight is 238 g/mol. The molecule has 1 saturated carbocycles. The summed E-state index contributed by atoms with van der Waals surface area (Å²) in [7, 11) is 0. The molecule has 3 heteroatoms. The molecular weight excluding hydrogens is 216 g/mol. The van der Waals surface area contributed by atoms with E-state index < -0.39 is 0 Å². The smallest absolute Gasteiger partial charge is 0.114 e. The fraction of sp³-hybridized carbons (Fsp3) is 0.769. The second kappa shape index (κ2) is 3.81. The van der Waals surface area contributed by atoms with Gasteiger partial charge in [-0.05, 0) is 32.1 Å². The highest BCUT2D eigenvalue weighted by Gasteiger charge is 2.46. The normalized spacial score (nSPS) is 29.3. The Balaban J connectivity index is 2.43. The number of rotatable bonds is 1. The zero-order valence-corrected chi connectivity index (χ0v) is 11.6. The molecule has 1 aliphatic rings. The standard InChI is InChI=1S/C13H22N2S/c1-9-10(2)16-11(15-9)13(14)8-6-5-7-12(13,3)4/h5-8,14H2,1-4H3. The van der Waals surface area contributed by atoms with Crippen molar-refractivity contribution in [3.8, 4) is 0 Å². The first-order valence-electron chi connectivity index (χ1n) is 6.10. The second-order valence-electron chi connectivity index (χ2n) is 5.72. The van der Waals surface area contributed by atoms with Crippen molar-refractivity contribution in [2.24, 2.45) is 11.1 Å². The Morgan fingerprint density at radius 2 is 1.81 bits per heavy atom. The summed E-state index contributed by atoms with van der Waals surface area (Å²) in [5.74, 6) is 0. The number of nitrogens with zero attached hydrogens (tertiary/aromatic N) is 1. The Morgan fingerprint density at radius 3 is 2.31 bits per heavy atom. The Bertz CT molecular complexity index is 375. The number of hydrogen-bond donors (Lipinski definition) is 1. The van der Waals surface area contributed by atoms with Crippen LogP contribution in [0.5, 0.6) is 0 Å². The highest BCUT2D eigenvalue weighted by Crippen LogP contribution is 2.49. The predicted octanol–water partition coefficient (Wildman–Crippen LogP) is 3.51. The van der Waals surface area contributed by atoms with Gasteiger partial charge in [0.05, 0.1) is 11.2 Å². The third-order valence-corrected chi connectivity index (χ3v) is 5.49. The molecule has 2 N–H and O–H groups in total. The SMILES string of the molecule is Cc1nc(C2(N)CCCCC2(C)C)sc1C. The Kier molecular flexibility index (Phi) is 2.87. The van der Waals surface area contributed by atoms with Crippen LogP contribution >= 0.6 is 11.3 Å². The second-order valence-corrected chi connectivity index (χ2v) is 6.93. The first-order valence-corrected chi connectivity index (χ1v) is 6.92. The van der Waals surface area contributed by atoms with Gasteiger partial charge in [-0.1, -0.05) is 26.7 Å². The summed E-state index contributed by atoms with van der Waals surface area (Å²) in [5.41, 5.74) is 7.79. The van der Waals surface area contributed by atoms with Crippen molar-refractivity contribution in [3.05, 3.63) is 15.6 Å². The number of hydrogen-bond acceptors (Lipinski definition) is 3. The Morgan fingerprint density at radius 1 is 1.19 bits per heavy atom. The molecule has 1 fully saturated rings. The molecule has 0 aromatic carbocycles. The van der Waals surface area contributed by atoms with Crippen molar-refractivity contribution in [1.29, 1.82) is 0 Å². The number of aromatic nitrogens is 1. The van der Waals surface area contributed by atoms with Crippen molar-refractivity contribution in [1.82, 2.24) is 4.98 Å². The van der Waals surface area contributed by atoms with Crippen LogP contribution in [0.2, 0.25) is 0 Å². The third kappa shape index (κ3) is 1.70. The van der Waals surface area contributed by atoms with E-state index in [9.17, 15) is 0 Å². The van der Waals surface area contributed by atoms with E-state index in [-0.39, 0.29) is 11.0 Å². The monoisotopic (exact) mass is 238 g/mol. The molecule has 2 nitrogen and oxygen atoms in total. The van der Waals surface area contributed by atoms with Crippen LogP contribution in [0.1, 0.15) is 55.1 Å². The highest BCUT2D eigenvalue weighted by atomic mass is 32.1. The fourth-order valence-corrected chi connectivity index (χ4v) is 3.82. The Hall–Kier alpha value is -0.410. The average Bonchev–Trinajstić information content (AvgIpc) is 2.53. The van der Waals surface area contributed by atoms with Gasteiger partial charge in [0.15, 0.2) is 0 Å². The van der Waals surface area contributed by atoms with Gasteiger partial charge < -0.3 is 5.73 Å². The molecule has 1 aliphatic carbocycles. The van der Waals surface area contributed by atoms with E-state index in [0.29, 0.717) is 0 Å². The minimum absolute atomic E-state index is 0.169. The van der Waals surface area contributed by atoms with Gasteiger partial charge in [0, 0.05) is 4.88 Å². The third-order valence-electron chi connectivity index (χ3n) is 4.24. The lowest BCUT2D eigenvalue weighted by Gasteiger charge is -2.46. The zero-order valence-electron chi connectivity index (χ0n) is 10.8. The number of thiazole rings is 1. The molecule has 1 atom stereocenters. The van der Waals surface area contributed by atoms with Gasteiger partial charge in [0.25, 0.3) is 0 Å². The van der Waals surface area contributed by atoms with E-state index >= 15 is 0 Å². The summed E-state index contributed by atoms with van der Waals surface area (Å²) in [4.78, 5) is 6.00. The maximum absolute atomic E-state index is 6.69. The van der Waals surface area contributed by atoms with Crippen LogP contribution < -0.4 is 5.73 Å². The molecule has 0 spiro atoms. The maximum atomic E-state index is 6.69. The summed E-state index contributed by atoms with van der Waals surface area (Å²) < 4.78 is 0. The topological polar surface area (TPSA) is 38.9 Å². The van der Waals surface area contributed by atoms with Crippen LogP contribution in [-0.4, -0.2) is 4.98 Å². The van der Waals surface area contributed by atoms with Gasteiger partial charge >= 0.3 is 0 Å². The summed E-state index contributed by atoms with van der Waals surface area (Å²) >= 11 is 1.79. The van der Waals surface area contributed by atoms with Crippen molar-refractivity contribution >= 4 is 11.3 Å². The van der Waals surface area contributed by atoms with Crippen LogP contribution in [0.4, 0.5) is 0 Å². The number of nitrogens with two attached hydrogens (primary N) is 1. The lowest BCUT2D eigenvalue weighted by Crippen LogP contribution is -2.51. The van der Waals surface area contributed by atoms with Crippen LogP contribution in [0, 0.1) is 19.3 Å². The van der Waals surface area contributed by atoms with E-state index in [1.807, 2.05) is 0 Å². The first-order chi connectivity index (χ1) is 7.37. The van der Waals surface area contributed by atoms with Gasteiger partial charge in [0.2, 0.25) is 0 Å². The molecular formula is C13H22N2S. The molecule has 1 unspecified atom stereocenters. The molecule has 1 heterocycles. The van der Waals surface area contributed by atoms with Gasteiger partial charge in [-0.2, -0.15) is 0 Å². The summed E-state index contributed by atoms with van der Waals surface area (Å²) in [6.45, 7) is 8.79. The van der Waals surface area contributed by atoms with Crippen LogP contribution in [-0.2, 0) is 5.54 Å². The molecule has 90 valence electrons. The van der Waals surface area contributed by atoms with Gasteiger partial charge in [-0.25, -0.2) is 4.98 Å². The molecule has 1 aromatic rings. The van der Waals surface area contributed by atoms with Crippen LogP contribution in [0.25, 0.3) is 0 Å². The van der Waals surface area contributed by atoms with Crippen LogP contribution in [0.3, 0.4) is 0 Å². The van der Waals surface area contributed by atoms with Crippen molar-refractivity contribution in [2.45, 2.75) is 58.9 Å². The van der Waals surface area contributed by atoms with Gasteiger partial charge in [-0.15, -0.1) is 11.3 Å². The van der Waals surface area contributed by atoms with E-state index in [0.717, 1.165) is 17.1 Å². The Labute approximate surface area is 102 Å². The van der Waals surface area contributed by atoms with E-state index in [1.54, 1.807) is 11.3 Å². The summed E-state index contributed by atoms with van der Waals surface area (Å²) in [6, 6.07) is 0. The summed E-state index contributed by atoms with van der Waals surface area (Å²) in [6.07, 6.45) is 4.82. The lowest BCUT2D eigenvalue weighted by molar-refractivity contribution is 0.0975. The molecule has 0 saturated heterocycles. The molecule has 0 aliphatic heterocycles. The largest absolute Gasteiger partial charge is 0.319 e. The molecule has 1 aromatic heterocycles. The van der Waals surface area contributed by atoms with Crippen LogP contribution in [0.15, 0.2) is 0 Å². The molecule has 0 radical (unpaired) electrons. The predicted molar refractivity (Wildman–Crippen MR) is 69.7 cm³/mol. The first kappa shape index (κ1) is 12.1. The lowest BCUT2D eigenvalue weighted by atomic mass is 9.64. The highest BCUT2D eigenvalue weighted by molar-refractivity contribution is 7.11. The molecule has 2 rings (SSSR count). The fourth-order valence-electron chi connectivity index (χ4n) is 2.59. The summed E-state index contributed by atoms with van der Waals surface area (Å²) in [5, 5.41) is 1.15. The van der Waals surface area contributed by atoms with Crippen molar-refractivity contribution in [3.63, 3.8) is 0 Å². The van der Waals surface area contributed by atoms with Crippen molar-refractivity contribution < 1.29 is 0 Å². The van der Waals surface area contributed by atoms with E-state index in [1.165, 1.54) is 24.1 Å². The van der Waals surface area contributed by atoms with Gasteiger partial charge in [0.1, 0.15) is 5.01 Å². The maximum Gasteiger partial charge on any atom is 0.114 e.